The second kappa shape index (κ2) is 21.0. The fourth-order valence-electron chi connectivity index (χ4n) is 9.91. The molecule has 0 amide bonds. The molecule has 2 saturated heterocycles. The number of anilines is 5. The second-order valence-electron chi connectivity index (χ2n) is 18.6. The van der Waals surface area contributed by atoms with Gasteiger partial charge in [0.15, 0.2) is 17.4 Å². The molecular formula is C51H61F2N15O2. The standard InChI is InChI=1S/C27H32F2N8.C24H29N7O2/c1-5-35-8-10-36(11-9-35)16-19-6-7-24(30-14-19)33-27-31-15-22(29)25(34-27)20-12-21(28)26-23(13-20)37(17(2)3)18(4)32-26;1-15-19-14-27-24(28-20-8-7-18(13-26-20)30-11-9-25-10-12-30)29-22(19)31(17-5-3-4-6-17)23(33)21(15)16(2)32/h6-7,12-15,17H,5,8-11,16H2,1-4H3,(H,30,31,33,34);7-8,13-14,17,25H,3-6,9-12H2,1-2H3,(H,26,27,28,29). The Balaban J connectivity index is 0.000000175. The third kappa shape index (κ3) is 10.4. The van der Waals surface area contributed by atoms with E-state index in [0.717, 1.165) is 114 Å². The summed E-state index contributed by atoms with van der Waals surface area (Å²) in [5.74, 6) is 1.07. The minimum Gasteiger partial charge on any atom is -0.368 e. The molecule has 0 spiro atoms. The molecule has 0 atom stereocenters. The number of pyridine rings is 3. The summed E-state index contributed by atoms with van der Waals surface area (Å²) in [6.45, 7) is 21.3. The third-order valence-corrected chi connectivity index (χ3v) is 13.6. The van der Waals surface area contributed by atoms with Crippen LogP contribution in [0, 0.1) is 25.5 Å². The third-order valence-electron chi connectivity index (χ3n) is 13.6. The minimum atomic E-state index is -0.636. The molecule has 6 aromatic heterocycles. The van der Waals surface area contributed by atoms with Crippen LogP contribution in [0.2, 0.25) is 0 Å². The average molecular weight is 954 g/mol. The summed E-state index contributed by atoms with van der Waals surface area (Å²) in [5, 5.41) is 10.3. The number of halogens is 2. The van der Waals surface area contributed by atoms with Crippen molar-refractivity contribution in [1.29, 1.82) is 0 Å². The normalized spacial score (nSPS) is 16.0. The molecule has 70 heavy (non-hydrogen) atoms. The van der Waals surface area contributed by atoms with Crippen LogP contribution >= 0.6 is 0 Å². The minimum absolute atomic E-state index is 0.00954. The van der Waals surface area contributed by atoms with Gasteiger partial charge in [0.2, 0.25) is 11.9 Å². The fraction of sp³-hybridized carbons (Fsp3) is 0.431. The van der Waals surface area contributed by atoms with E-state index in [0.29, 0.717) is 45.7 Å². The highest BCUT2D eigenvalue weighted by Crippen LogP contribution is 2.33. The van der Waals surface area contributed by atoms with E-state index in [1.165, 1.54) is 13.0 Å². The summed E-state index contributed by atoms with van der Waals surface area (Å²) in [6.07, 6.45) is 10.4. The number of fused-ring (bicyclic) bond motifs is 2. The van der Waals surface area contributed by atoms with Gasteiger partial charge in [-0.1, -0.05) is 25.8 Å². The summed E-state index contributed by atoms with van der Waals surface area (Å²) >= 11 is 0. The van der Waals surface area contributed by atoms with E-state index < -0.39 is 11.6 Å². The SMILES string of the molecule is CC(=O)c1c(C)c2cnc(Nc3ccc(N4CCNCC4)cn3)nc2n(C2CCCC2)c1=O.CCN1CCN(Cc2ccc(Nc3ncc(F)c(-c4cc(F)c5nc(C)n(C(C)C)c5c4)n3)nc2)CC1. The van der Waals surface area contributed by atoms with E-state index in [9.17, 15) is 18.4 Å². The molecular weight excluding hydrogens is 893 g/mol. The zero-order valence-corrected chi connectivity index (χ0v) is 40.8. The number of likely N-dealkylation sites (N-methyl/N-ethyl adjacent to an activating group) is 1. The Labute approximate surface area is 405 Å². The molecule has 2 aliphatic heterocycles. The Bertz CT molecular complexity index is 3050. The quantitative estimate of drug-likeness (QED) is 0.101. The van der Waals surface area contributed by atoms with E-state index in [2.05, 4.69) is 67.5 Å². The van der Waals surface area contributed by atoms with Gasteiger partial charge in [-0.25, -0.2) is 38.7 Å². The molecule has 0 unspecified atom stereocenters. The number of Topliss-reactive ketones (excluding diaryl/α,β-unsaturated/α-hetero) is 1. The number of carbonyl (C=O) groups excluding carboxylic acids is 1. The van der Waals surface area contributed by atoms with Crippen LogP contribution < -0.4 is 26.4 Å². The predicted octanol–water partition coefficient (Wildman–Crippen LogP) is 7.90. The first-order valence-electron chi connectivity index (χ1n) is 24.3. The van der Waals surface area contributed by atoms with E-state index in [1.54, 1.807) is 23.8 Å². The second-order valence-corrected chi connectivity index (χ2v) is 18.6. The van der Waals surface area contributed by atoms with Crippen LogP contribution in [-0.4, -0.2) is 119 Å². The number of nitrogens with one attached hydrogen (secondary N) is 3. The molecule has 17 nitrogen and oxygen atoms in total. The van der Waals surface area contributed by atoms with Gasteiger partial charge in [-0.05, 0) is 95.5 Å². The summed E-state index contributed by atoms with van der Waals surface area (Å²) in [6, 6.07) is 11.0. The lowest BCUT2D eigenvalue weighted by atomic mass is 10.0. The fourth-order valence-corrected chi connectivity index (χ4v) is 9.91. The van der Waals surface area contributed by atoms with Crippen molar-refractivity contribution in [2.45, 2.75) is 85.9 Å². The highest BCUT2D eigenvalue weighted by molar-refractivity contribution is 5.99. The van der Waals surface area contributed by atoms with Crippen LogP contribution in [-0.2, 0) is 6.54 Å². The van der Waals surface area contributed by atoms with Gasteiger partial charge >= 0.3 is 0 Å². The number of hydrogen-bond acceptors (Lipinski definition) is 15. The first-order chi connectivity index (χ1) is 33.8. The van der Waals surface area contributed by atoms with E-state index in [4.69, 9.17) is 4.98 Å². The summed E-state index contributed by atoms with van der Waals surface area (Å²) in [5.41, 5.74) is 4.61. The van der Waals surface area contributed by atoms with Crippen molar-refractivity contribution in [3.05, 3.63) is 106 Å². The summed E-state index contributed by atoms with van der Waals surface area (Å²) in [4.78, 5) is 63.7. The molecule has 8 heterocycles. The molecule has 10 rings (SSSR count). The van der Waals surface area contributed by atoms with Gasteiger partial charge in [0.25, 0.3) is 5.56 Å². The maximum atomic E-state index is 14.9. The largest absolute Gasteiger partial charge is 0.368 e. The lowest BCUT2D eigenvalue weighted by molar-refractivity contribution is 0.101. The van der Waals surface area contributed by atoms with Crippen molar-refractivity contribution in [3.63, 3.8) is 0 Å². The molecule has 1 saturated carbocycles. The highest BCUT2D eigenvalue weighted by Gasteiger charge is 2.26. The smallest absolute Gasteiger partial charge is 0.263 e. The molecule has 3 fully saturated rings. The van der Waals surface area contributed by atoms with Crippen LogP contribution in [0.1, 0.15) is 92.8 Å². The molecule has 3 N–H and O–H groups in total. The number of ketones is 1. The van der Waals surface area contributed by atoms with E-state index in [1.807, 2.05) is 62.0 Å². The van der Waals surface area contributed by atoms with Crippen molar-refractivity contribution in [2.75, 3.05) is 74.4 Å². The van der Waals surface area contributed by atoms with E-state index in [-0.39, 0.29) is 46.1 Å². The number of hydrogen-bond donors (Lipinski definition) is 3. The summed E-state index contributed by atoms with van der Waals surface area (Å²) in [7, 11) is 0. The Morgan fingerprint density at radius 1 is 0.800 bits per heavy atom. The lowest BCUT2D eigenvalue weighted by Crippen LogP contribution is -2.45. The number of imidazole rings is 1. The Morgan fingerprint density at radius 3 is 2.11 bits per heavy atom. The zero-order chi connectivity index (χ0) is 49.1. The van der Waals surface area contributed by atoms with Gasteiger partial charge in [-0.15, -0.1) is 0 Å². The zero-order valence-electron chi connectivity index (χ0n) is 40.8. The van der Waals surface area contributed by atoms with Crippen molar-refractivity contribution in [3.8, 4) is 11.3 Å². The topological polar surface area (TPSA) is 180 Å². The van der Waals surface area contributed by atoms with Gasteiger partial charge in [0.05, 0.1) is 29.2 Å². The van der Waals surface area contributed by atoms with Crippen molar-refractivity contribution < 1.29 is 13.6 Å². The number of benzene rings is 1. The molecule has 0 bridgehead atoms. The van der Waals surface area contributed by atoms with Crippen molar-refractivity contribution >= 4 is 57.1 Å². The van der Waals surface area contributed by atoms with Crippen LogP contribution in [0.3, 0.4) is 0 Å². The maximum absolute atomic E-state index is 14.9. The number of aromatic nitrogens is 9. The number of rotatable bonds is 12. The Kier molecular flexibility index (Phi) is 14.5. The molecule has 1 aliphatic carbocycles. The number of nitrogens with zero attached hydrogens (tertiary/aromatic N) is 12. The highest BCUT2D eigenvalue weighted by atomic mass is 19.1. The number of aryl methyl sites for hydroxylation is 2. The van der Waals surface area contributed by atoms with Gasteiger partial charge < -0.3 is 30.3 Å². The predicted molar refractivity (Wildman–Crippen MR) is 269 cm³/mol. The summed E-state index contributed by atoms with van der Waals surface area (Å²) < 4.78 is 33.4. The van der Waals surface area contributed by atoms with Crippen molar-refractivity contribution in [2.24, 2.45) is 0 Å². The average Bonchev–Trinajstić information content (AvgIpc) is 4.02. The van der Waals surface area contributed by atoms with Gasteiger partial charge in [0, 0.05) is 94.3 Å². The number of piperazine rings is 2. The van der Waals surface area contributed by atoms with Gasteiger partial charge in [0.1, 0.15) is 34.3 Å². The van der Waals surface area contributed by atoms with Gasteiger partial charge in [-0.2, -0.15) is 4.98 Å². The Morgan fingerprint density at radius 2 is 1.47 bits per heavy atom. The monoisotopic (exact) mass is 954 g/mol. The molecule has 7 aromatic rings. The number of carbonyl (C=O) groups is 1. The first kappa shape index (κ1) is 48.2. The lowest BCUT2D eigenvalue weighted by Gasteiger charge is -2.33. The van der Waals surface area contributed by atoms with Crippen LogP contribution in [0.5, 0.6) is 0 Å². The first-order valence-corrected chi connectivity index (χ1v) is 24.3. The molecule has 19 heteroatoms. The van der Waals surface area contributed by atoms with Crippen LogP contribution in [0.4, 0.5) is 38.0 Å². The molecule has 0 radical (unpaired) electrons. The Hall–Kier alpha value is -6.83. The van der Waals surface area contributed by atoms with Crippen molar-refractivity contribution in [1.82, 2.24) is 59.1 Å². The van der Waals surface area contributed by atoms with E-state index >= 15 is 0 Å². The molecule has 366 valence electrons. The van der Waals surface area contributed by atoms with Crippen LogP contribution in [0.15, 0.2) is 66.0 Å². The molecule has 3 aliphatic rings. The maximum Gasteiger partial charge on any atom is 0.263 e. The molecule has 1 aromatic carbocycles. The van der Waals surface area contributed by atoms with Crippen LogP contribution in [0.25, 0.3) is 33.3 Å². The van der Waals surface area contributed by atoms with Gasteiger partial charge in [-0.3, -0.25) is 19.1 Å².